The summed E-state index contributed by atoms with van der Waals surface area (Å²) in [5.74, 6) is -0.584. The quantitative estimate of drug-likeness (QED) is 0.841. The van der Waals surface area contributed by atoms with Crippen molar-refractivity contribution in [3.05, 3.63) is 59.9 Å². The Morgan fingerprint density at radius 3 is 2.67 bits per heavy atom. The summed E-state index contributed by atoms with van der Waals surface area (Å²) in [6.07, 6.45) is 3.46. The zero-order chi connectivity index (χ0) is 19.3. The fraction of sp³-hybridized carbons (Fsp3) is 0.263. The van der Waals surface area contributed by atoms with E-state index >= 15 is 0 Å². The molecule has 0 atom stereocenters. The van der Waals surface area contributed by atoms with Crippen LogP contribution in [-0.2, 0) is 10.0 Å². The van der Waals surface area contributed by atoms with E-state index in [1.54, 1.807) is 6.07 Å². The Morgan fingerprint density at radius 2 is 1.85 bits per heavy atom. The molecule has 8 heteroatoms. The molecule has 2 aromatic carbocycles. The maximum Gasteiger partial charge on any atom is 0.262 e. The van der Waals surface area contributed by atoms with Crippen LogP contribution in [0.25, 0.3) is 0 Å². The maximum absolute atomic E-state index is 13.3. The van der Waals surface area contributed by atoms with Crippen LogP contribution in [0.2, 0.25) is 0 Å². The molecule has 142 valence electrons. The van der Waals surface area contributed by atoms with Crippen LogP contribution in [0.3, 0.4) is 0 Å². The smallest absolute Gasteiger partial charge is 0.262 e. The molecule has 27 heavy (non-hydrogen) atoms. The van der Waals surface area contributed by atoms with Crippen molar-refractivity contribution in [2.45, 2.75) is 30.6 Å². The highest BCUT2D eigenvalue weighted by molar-refractivity contribution is 7.90. The van der Waals surface area contributed by atoms with Gasteiger partial charge < -0.3 is 5.32 Å². The molecular weight excluding hydrogens is 369 g/mol. The van der Waals surface area contributed by atoms with E-state index in [4.69, 9.17) is 0 Å². The molecule has 0 spiro atoms. The minimum absolute atomic E-state index is 0.0199. The first-order valence-corrected chi connectivity index (χ1v) is 10.2. The van der Waals surface area contributed by atoms with E-state index in [2.05, 4.69) is 15.0 Å². The Labute approximate surface area is 157 Å². The number of nitrogens with one attached hydrogen (secondary N) is 2. The third-order valence-corrected chi connectivity index (χ3v) is 5.49. The number of amides is 1. The molecular formula is C19H20FN3O3S. The van der Waals surface area contributed by atoms with Crippen molar-refractivity contribution in [1.82, 2.24) is 4.72 Å². The van der Waals surface area contributed by atoms with E-state index in [0.717, 1.165) is 25.3 Å². The molecule has 2 aromatic rings. The lowest BCUT2D eigenvalue weighted by atomic mass is 10.2. The summed E-state index contributed by atoms with van der Waals surface area (Å²) in [5, 5.41) is 2.58. The third-order valence-electron chi connectivity index (χ3n) is 4.12. The zero-order valence-electron chi connectivity index (χ0n) is 14.6. The van der Waals surface area contributed by atoms with Crippen LogP contribution in [0.4, 0.5) is 10.1 Å². The van der Waals surface area contributed by atoms with Crippen molar-refractivity contribution in [2.75, 3.05) is 11.9 Å². The molecule has 0 saturated heterocycles. The van der Waals surface area contributed by atoms with Crippen molar-refractivity contribution < 1.29 is 17.6 Å². The van der Waals surface area contributed by atoms with Crippen LogP contribution < -0.4 is 10.0 Å². The van der Waals surface area contributed by atoms with Gasteiger partial charge in [0.25, 0.3) is 15.9 Å². The normalized spacial score (nSPS) is 14.8. The van der Waals surface area contributed by atoms with Crippen LogP contribution in [0.1, 0.15) is 36.0 Å². The summed E-state index contributed by atoms with van der Waals surface area (Å²) >= 11 is 0. The second-order valence-corrected chi connectivity index (χ2v) is 7.92. The number of hydrogen-bond donors (Lipinski definition) is 2. The standard InChI is InChI=1S/C19H20FN3O3S/c20-15-7-4-6-14(12-15)19(24)22-16-8-5-9-17(13-16)27(25,26)23-18-10-2-1-3-11-21-18/h4-9,12-13H,1-3,10-11H2,(H,21,23)(H,22,24). The number of carbonyl (C=O) groups is 1. The van der Waals surface area contributed by atoms with Gasteiger partial charge in [-0.2, -0.15) is 0 Å². The lowest BCUT2D eigenvalue weighted by molar-refractivity contribution is 0.102. The Morgan fingerprint density at radius 1 is 1.04 bits per heavy atom. The van der Waals surface area contributed by atoms with E-state index in [9.17, 15) is 17.6 Å². The van der Waals surface area contributed by atoms with Gasteiger partial charge in [0.2, 0.25) is 0 Å². The predicted molar refractivity (Wildman–Crippen MR) is 102 cm³/mol. The Bertz CT molecular complexity index is 974. The number of benzene rings is 2. The first-order valence-electron chi connectivity index (χ1n) is 8.67. The Kier molecular flexibility index (Phi) is 5.85. The number of anilines is 1. The topological polar surface area (TPSA) is 87.6 Å². The van der Waals surface area contributed by atoms with E-state index in [0.29, 0.717) is 24.5 Å². The van der Waals surface area contributed by atoms with Gasteiger partial charge in [-0.05, 0) is 49.2 Å². The number of sulfonamides is 1. The second-order valence-electron chi connectivity index (χ2n) is 6.24. The van der Waals surface area contributed by atoms with Crippen molar-refractivity contribution in [3.63, 3.8) is 0 Å². The van der Waals surface area contributed by atoms with E-state index < -0.39 is 21.7 Å². The van der Waals surface area contributed by atoms with E-state index in [1.165, 1.54) is 36.4 Å². The largest absolute Gasteiger partial charge is 0.322 e. The van der Waals surface area contributed by atoms with Gasteiger partial charge in [0.15, 0.2) is 0 Å². The molecule has 0 unspecified atom stereocenters. The average molecular weight is 389 g/mol. The summed E-state index contributed by atoms with van der Waals surface area (Å²) < 4.78 is 41.0. The SMILES string of the molecule is O=C(Nc1cccc(S(=O)(=O)NC2=NCCCCC2)c1)c1cccc(F)c1. The van der Waals surface area contributed by atoms with Crippen molar-refractivity contribution >= 4 is 27.5 Å². The molecule has 2 N–H and O–H groups in total. The molecule has 0 bridgehead atoms. The highest BCUT2D eigenvalue weighted by Gasteiger charge is 2.18. The fourth-order valence-electron chi connectivity index (χ4n) is 2.75. The highest BCUT2D eigenvalue weighted by Crippen LogP contribution is 2.17. The van der Waals surface area contributed by atoms with Crippen molar-refractivity contribution in [3.8, 4) is 0 Å². The number of carbonyl (C=O) groups excluding carboxylic acids is 1. The molecule has 0 aliphatic carbocycles. The summed E-state index contributed by atoms with van der Waals surface area (Å²) in [5.41, 5.74) is 0.448. The number of halogens is 1. The first-order chi connectivity index (χ1) is 12.9. The molecule has 1 aliphatic heterocycles. The van der Waals surface area contributed by atoms with Crippen LogP contribution >= 0.6 is 0 Å². The number of rotatable bonds is 4. The minimum Gasteiger partial charge on any atom is -0.322 e. The molecule has 0 saturated carbocycles. The van der Waals surface area contributed by atoms with Gasteiger partial charge in [-0.15, -0.1) is 0 Å². The number of amidine groups is 1. The lowest BCUT2D eigenvalue weighted by Crippen LogP contribution is -2.30. The summed E-state index contributed by atoms with van der Waals surface area (Å²) in [6.45, 7) is 0.613. The summed E-state index contributed by atoms with van der Waals surface area (Å²) in [6, 6.07) is 11.2. The van der Waals surface area contributed by atoms with Crippen LogP contribution in [0, 0.1) is 5.82 Å². The maximum atomic E-state index is 13.3. The molecule has 0 radical (unpaired) electrons. The second kappa shape index (κ2) is 8.30. The summed E-state index contributed by atoms with van der Waals surface area (Å²) in [7, 11) is -3.80. The number of hydrogen-bond acceptors (Lipinski definition) is 4. The van der Waals surface area contributed by atoms with Gasteiger partial charge in [-0.25, -0.2) is 12.8 Å². The van der Waals surface area contributed by atoms with E-state index in [-0.39, 0.29) is 10.5 Å². The number of aliphatic imine (C=N–C) groups is 1. The Balaban J connectivity index is 1.76. The average Bonchev–Trinajstić information content (AvgIpc) is 2.90. The zero-order valence-corrected chi connectivity index (χ0v) is 15.4. The lowest BCUT2D eigenvalue weighted by Gasteiger charge is -2.11. The molecule has 1 heterocycles. The first kappa shape index (κ1) is 19.0. The minimum atomic E-state index is -3.80. The molecule has 3 rings (SSSR count). The Hall–Kier alpha value is -2.74. The highest BCUT2D eigenvalue weighted by atomic mass is 32.2. The van der Waals surface area contributed by atoms with Gasteiger partial charge in [0.1, 0.15) is 11.7 Å². The van der Waals surface area contributed by atoms with Crippen molar-refractivity contribution in [2.24, 2.45) is 4.99 Å². The predicted octanol–water partition coefficient (Wildman–Crippen LogP) is 3.33. The van der Waals surface area contributed by atoms with Crippen molar-refractivity contribution in [1.29, 1.82) is 0 Å². The van der Waals surface area contributed by atoms with Gasteiger partial charge >= 0.3 is 0 Å². The fourth-order valence-corrected chi connectivity index (χ4v) is 3.88. The number of nitrogens with zero attached hydrogens (tertiary/aromatic N) is 1. The molecule has 6 nitrogen and oxygen atoms in total. The van der Waals surface area contributed by atoms with E-state index in [1.807, 2.05) is 0 Å². The monoisotopic (exact) mass is 389 g/mol. The molecule has 0 fully saturated rings. The van der Waals surface area contributed by atoms with Gasteiger partial charge in [0, 0.05) is 24.2 Å². The summed E-state index contributed by atoms with van der Waals surface area (Å²) in [4.78, 5) is 16.5. The van der Waals surface area contributed by atoms with Crippen LogP contribution in [0.15, 0.2) is 58.4 Å². The molecule has 0 aromatic heterocycles. The molecule has 1 amide bonds. The molecule has 1 aliphatic rings. The van der Waals surface area contributed by atoms with Gasteiger partial charge in [-0.3, -0.25) is 14.5 Å². The van der Waals surface area contributed by atoms with Gasteiger partial charge in [0.05, 0.1) is 4.90 Å². The van der Waals surface area contributed by atoms with Gasteiger partial charge in [-0.1, -0.05) is 18.6 Å². The van der Waals surface area contributed by atoms with Crippen LogP contribution in [-0.4, -0.2) is 26.7 Å². The third kappa shape index (κ3) is 5.13. The van der Waals surface area contributed by atoms with Crippen LogP contribution in [0.5, 0.6) is 0 Å².